The molecule has 106 valence electrons. The number of halogens is 1. The number of hydrogen-bond donors (Lipinski definition) is 1. The molecule has 0 fully saturated rings. The lowest BCUT2D eigenvalue weighted by Crippen LogP contribution is -2.07. The average Bonchev–Trinajstić information content (AvgIpc) is 2.49. The first-order valence-electron chi connectivity index (χ1n) is 5.92. The van der Waals surface area contributed by atoms with E-state index in [4.69, 9.17) is 10.4 Å². The van der Waals surface area contributed by atoms with Crippen molar-refractivity contribution in [1.82, 2.24) is 0 Å². The average molecular weight is 303 g/mol. The van der Waals surface area contributed by atoms with Gasteiger partial charge in [0, 0.05) is 5.56 Å². The summed E-state index contributed by atoms with van der Waals surface area (Å²) in [6.45, 7) is 0. The second-order valence-electron chi connectivity index (χ2n) is 4.18. The zero-order chi connectivity index (χ0) is 15.4. The SMILES string of the molecule is N#Cc1cccc(CS(=O)c2ccccc2C(=O)O)c1F. The van der Waals surface area contributed by atoms with Crippen LogP contribution in [0.3, 0.4) is 0 Å². The van der Waals surface area contributed by atoms with Gasteiger partial charge in [0.2, 0.25) is 0 Å². The van der Waals surface area contributed by atoms with Crippen molar-refractivity contribution >= 4 is 16.8 Å². The van der Waals surface area contributed by atoms with E-state index < -0.39 is 22.6 Å². The van der Waals surface area contributed by atoms with Gasteiger partial charge in [0.15, 0.2) is 0 Å². The van der Waals surface area contributed by atoms with E-state index in [-0.39, 0.29) is 27.3 Å². The lowest BCUT2D eigenvalue weighted by Gasteiger charge is -2.07. The molecule has 0 saturated carbocycles. The Kier molecular flexibility index (Phi) is 4.45. The maximum atomic E-state index is 13.9. The monoisotopic (exact) mass is 303 g/mol. The molecule has 4 nitrogen and oxygen atoms in total. The maximum absolute atomic E-state index is 13.9. The molecule has 2 aromatic carbocycles. The third kappa shape index (κ3) is 3.15. The number of benzene rings is 2. The molecule has 21 heavy (non-hydrogen) atoms. The summed E-state index contributed by atoms with van der Waals surface area (Å²) in [7, 11) is -1.72. The molecule has 1 atom stereocenters. The molecule has 1 unspecified atom stereocenters. The molecule has 0 aromatic heterocycles. The molecular weight excluding hydrogens is 293 g/mol. The van der Waals surface area contributed by atoms with Gasteiger partial charge in [-0.05, 0) is 18.2 Å². The molecule has 1 N–H and O–H groups in total. The predicted octanol–water partition coefficient (Wildman–Crippen LogP) is 2.70. The molecule has 0 aliphatic heterocycles. The van der Waals surface area contributed by atoms with Crippen molar-refractivity contribution in [3.63, 3.8) is 0 Å². The number of rotatable bonds is 4. The number of carboxylic acid groups (broad SMARTS) is 1. The van der Waals surface area contributed by atoms with Crippen LogP contribution in [0.25, 0.3) is 0 Å². The lowest BCUT2D eigenvalue weighted by atomic mass is 10.1. The first-order valence-corrected chi connectivity index (χ1v) is 7.24. The normalized spacial score (nSPS) is 11.6. The van der Waals surface area contributed by atoms with Crippen LogP contribution in [0.5, 0.6) is 0 Å². The third-order valence-electron chi connectivity index (χ3n) is 2.85. The van der Waals surface area contributed by atoms with Crippen LogP contribution in [0, 0.1) is 17.1 Å². The van der Waals surface area contributed by atoms with Crippen LogP contribution in [0.2, 0.25) is 0 Å². The molecule has 0 aliphatic rings. The molecule has 0 aliphatic carbocycles. The fraction of sp³-hybridized carbons (Fsp3) is 0.0667. The van der Waals surface area contributed by atoms with Crippen LogP contribution in [0.15, 0.2) is 47.4 Å². The van der Waals surface area contributed by atoms with Crippen LogP contribution >= 0.6 is 0 Å². The van der Waals surface area contributed by atoms with Crippen LogP contribution in [-0.4, -0.2) is 15.3 Å². The first-order chi connectivity index (χ1) is 10.0. The minimum Gasteiger partial charge on any atom is -0.478 e. The summed E-state index contributed by atoms with van der Waals surface area (Å²) >= 11 is 0. The minimum atomic E-state index is -1.72. The Morgan fingerprint density at radius 1 is 1.24 bits per heavy atom. The molecule has 0 heterocycles. The Labute approximate surface area is 122 Å². The maximum Gasteiger partial charge on any atom is 0.336 e. The van der Waals surface area contributed by atoms with E-state index >= 15 is 0 Å². The Morgan fingerprint density at radius 2 is 1.95 bits per heavy atom. The predicted molar refractivity (Wildman–Crippen MR) is 74.6 cm³/mol. The van der Waals surface area contributed by atoms with E-state index in [0.717, 1.165) is 0 Å². The Balaban J connectivity index is 2.36. The fourth-order valence-electron chi connectivity index (χ4n) is 1.84. The zero-order valence-electron chi connectivity index (χ0n) is 10.7. The zero-order valence-corrected chi connectivity index (χ0v) is 11.6. The van der Waals surface area contributed by atoms with Gasteiger partial charge in [-0.25, -0.2) is 9.18 Å². The van der Waals surface area contributed by atoms with E-state index in [2.05, 4.69) is 0 Å². The smallest absolute Gasteiger partial charge is 0.336 e. The summed E-state index contributed by atoms with van der Waals surface area (Å²) in [6, 6.07) is 11.8. The number of nitrogens with zero attached hydrogens (tertiary/aromatic N) is 1. The Hall–Kier alpha value is -2.52. The van der Waals surface area contributed by atoms with Gasteiger partial charge < -0.3 is 5.11 Å². The van der Waals surface area contributed by atoms with Crippen LogP contribution in [-0.2, 0) is 16.6 Å². The van der Waals surface area contributed by atoms with Crippen molar-refractivity contribution in [2.45, 2.75) is 10.6 Å². The summed E-state index contributed by atoms with van der Waals surface area (Å²) in [5, 5.41) is 17.8. The van der Waals surface area contributed by atoms with Crippen LogP contribution in [0.4, 0.5) is 4.39 Å². The van der Waals surface area contributed by atoms with Crippen molar-refractivity contribution in [3.8, 4) is 6.07 Å². The second-order valence-corrected chi connectivity index (χ2v) is 5.60. The molecule has 0 spiro atoms. The highest BCUT2D eigenvalue weighted by Gasteiger charge is 2.17. The lowest BCUT2D eigenvalue weighted by molar-refractivity contribution is 0.0693. The molecule has 0 bridgehead atoms. The van der Waals surface area contributed by atoms with E-state index in [9.17, 15) is 13.4 Å². The standard InChI is InChI=1S/C15H10FNO3S/c16-14-10(8-17)4-3-5-11(14)9-21(20)13-7-2-1-6-12(13)15(18)19/h1-7H,9H2,(H,18,19). The summed E-state index contributed by atoms with van der Waals surface area (Å²) in [5.74, 6) is -2.10. The van der Waals surface area contributed by atoms with Crippen molar-refractivity contribution < 1.29 is 18.5 Å². The molecule has 6 heteroatoms. The van der Waals surface area contributed by atoms with Gasteiger partial charge in [-0.2, -0.15) is 5.26 Å². The van der Waals surface area contributed by atoms with Gasteiger partial charge in [0.05, 0.1) is 32.6 Å². The molecule has 2 aromatic rings. The minimum absolute atomic E-state index is 0.0762. The molecule has 0 saturated heterocycles. The van der Waals surface area contributed by atoms with E-state index in [1.54, 1.807) is 12.1 Å². The van der Waals surface area contributed by atoms with E-state index in [1.807, 2.05) is 0 Å². The van der Waals surface area contributed by atoms with Gasteiger partial charge in [0.25, 0.3) is 0 Å². The highest BCUT2D eigenvalue weighted by Crippen LogP contribution is 2.20. The van der Waals surface area contributed by atoms with Gasteiger partial charge in [-0.1, -0.05) is 24.3 Å². The topological polar surface area (TPSA) is 78.2 Å². The van der Waals surface area contributed by atoms with Crippen molar-refractivity contribution in [2.24, 2.45) is 0 Å². The summed E-state index contributed by atoms with van der Waals surface area (Å²) < 4.78 is 26.2. The highest BCUT2D eigenvalue weighted by molar-refractivity contribution is 7.84. The summed E-state index contributed by atoms with van der Waals surface area (Å²) in [4.78, 5) is 11.2. The number of hydrogen-bond acceptors (Lipinski definition) is 3. The summed E-state index contributed by atoms with van der Waals surface area (Å²) in [5.41, 5.74) is -0.0868. The van der Waals surface area contributed by atoms with Crippen molar-refractivity contribution in [1.29, 1.82) is 5.26 Å². The fourth-order valence-corrected chi connectivity index (χ4v) is 3.13. The molecular formula is C15H10FNO3S. The molecule has 0 amide bonds. The Morgan fingerprint density at radius 3 is 2.62 bits per heavy atom. The first kappa shape index (κ1) is 14.9. The van der Waals surface area contributed by atoms with Gasteiger partial charge in [0.1, 0.15) is 11.9 Å². The summed E-state index contributed by atoms with van der Waals surface area (Å²) in [6.07, 6.45) is 0. The highest BCUT2D eigenvalue weighted by atomic mass is 32.2. The number of nitriles is 1. The quantitative estimate of drug-likeness (QED) is 0.942. The number of carboxylic acids is 1. The third-order valence-corrected chi connectivity index (χ3v) is 4.27. The van der Waals surface area contributed by atoms with Crippen LogP contribution in [0.1, 0.15) is 21.5 Å². The van der Waals surface area contributed by atoms with Gasteiger partial charge >= 0.3 is 5.97 Å². The van der Waals surface area contributed by atoms with E-state index in [0.29, 0.717) is 0 Å². The van der Waals surface area contributed by atoms with Crippen molar-refractivity contribution in [3.05, 3.63) is 65.0 Å². The van der Waals surface area contributed by atoms with E-state index in [1.165, 1.54) is 36.4 Å². The number of carbonyl (C=O) groups is 1. The largest absolute Gasteiger partial charge is 0.478 e. The molecule has 0 radical (unpaired) electrons. The van der Waals surface area contributed by atoms with Crippen molar-refractivity contribution in [2.75, 3.05) is 0 Å². The molecule has 2 rings (SSSR count). The second kappa shape index (κ2) is 6.29. The van der Waals surface area contributed by atoms with Gasteiger partial charge in [-0.15, -0.1) is 0 Å². The Bertz CT molecular complexity index is 768. The van der Waals surface area contributed by atoms with Gasteiger partial charge in [-0.3, -0.25) is 4.21 Å². The van der Waals surface area contributed by atoms with Crippen LogP contribution < -0.4 is 0 Å². The number of aromatic carboxylic acids is 1.